The molecule has 1 N–H and O–H groups in total. The van der Waals surface area contributed by atoms with E-state index >= 15 is 0 Å². The Morgan fingerprint density at radius 1 is 1.33 bits per heavy atom. The molecule has 1 fully saturated rings. The Kier molecular flexibility index (Phi) is 3.51. The topological polar surface area (TPSA) is 42.2 Å². The van der Waals surface area contributed by atoms with Gasteiger partial charge < -0.3 is 5.32 Å². The van der Waals surface area contributed by atoms with E-state index in [1.54, 1.807) is 0 Å². The molecule has 1 unspecified atom stereocenters. The fourth-order valence-corrected chi connectivity index (χ4v) is 2.96. The summed E-state index contributed by atoms with van der Waals surface area (Å²) in [6.07, 6.45) is 3.20. The minimum atomic E-state index is -4.44. The van der Waals surface area contributed by atoms with Crippen LogP contribution in [0.5, 0.6) is 0 Å². The third-order valence-electron chi connectivity index (χ3n) is 4.15. The summed E-state index contributed by atoms with van der Waals surface area (Å²) in [5, 5.41) is 6.81. The molecule has 1 aliphatic rings. The highest BCUT2D eigenvalue weighted by Gasteiger charge is 2.34. The average molecular weight is 298 g/mol. The number of aromatic nitrogens is 3. The van der Waals surface area contributed by atoms with Gasteiger partial charge in [0.05, 0.1) is 0 Å². The summed E-state index contributed by atoms with van der Waals surface area (Å²) < 4.78 is 39.5. The van der Waals surface area contributed by atoms with Gasteiger partial charge in [0.15, 0.2) is 11.5 Å². The number of alkyl halides is 3. The molecule has 0 aromatic carbocycles. The van der Waals surface area contributed by atoms with E-state index in [0.717, 1.165) is 18.9 Å². The van der Waals surface area contributed by atoms with Gasteiger partial charge in [-0.2, -0.15) is 18.3 Å². The molecular weight excluding hydrogens is 281 g/mol. The van der Waals surface area contributed by atoms with Crippen LogP contribution < -0.4 is 5.32 Å². The summed E-state index contributed by atoms with van der Waals surface area (Å²) in [4.78, 5) is 4.17. The van der Waals surface area contributed by atoms with Crippen molar-refractivity contribution in [1.82, 2.24) is 14.6 Å². The van der Waals surface area contributed by atoms with Gasteiger partial charge in [-0.1, -0.05) is 12.8 Å². The summed E-state index contributed by atoms with van der Waals surface area (Å²) in [7, 11) is 0. The smallest absolute Gasteiger partial charge is 0.366 e. The number of nitrogens with one attached hydrogen (secondary N) is 1. The second-order valence-corrected chi connectivity index (χ2v) is 5.61. The monoisotopic (exact) mass is 298 g/mol. The fourth-order valence-electron chi connectivity index (χ4n) is 2.96. The normalized spacial score (nSPS) is 18.3. The summed E-state index contributed by atoms with van der Waals surface area (Å²) in [6.45, 7) is 2.06. The van der Waals surface area contributed by atoms with Crippen LogP contribution in [0.4, 0.5) is 19.0 Å². The lowest BCUT2D eigenvalue weighted by Crippen LogP contribution is -2.24. The van der Waals surface area contributed by atoms with Crippen molar-refractivity contribution in [3.8, 4) is 0 Å². The van der Waals surface area contributed by atoms with E-state index in [-0.39, 0.29) is 6.04 Å². The number of hydrogen-bond donors (Lipinski definition) is 1. The van der Waals surface area contributed by atoms with Gasteiger partial charge in [0, 0.05) is 24.5 Å². The average Bonchev–Trinajstić information content (AvgIpc) is 3.07. The largest absolute Gasteiger partial charge is 0.435 e. The number of hydrogen-bond acceptors (Lipinski definition) is 3. The molecule has 0 aliphatic heterocycles. The summed E-state index contributed by atoms with van der Waals surface area (Å²) in [6, 6.07) is 1.23. The van der Waals surface area contributed by atoms with Crippen molar-refractivity contribution in [1.29, 1.82) is 0 Å². The number of halogens is 3. The van der Waals surface area contributed by atoms with Crippen molar-refractivity contribution in [2.45, 2.75) is 44.8 Å². The SMILES string of the molecule is CC(Nc1nccn2nc(C(F)(F)F)cc12)C1CCCC1. The highest BCUT2D eigenvalue weighted by molar-refractivity contribution is 5.68. The Morgan fingerprint density at radius 2 is 2.05 bits per heavy atom. The van der Waals surface area contributed by atoms with E-state index in [0.29, 0.717) is 17.3 Å². The van der Waals surface area contributed by atoms with Crippen LogP contribution >= 0.6 is 0 Å². The molecule has 4 nitrogen and oxygen atoms in total. The summed E-state index contributed by atoms with van der Waals surface area (Å²) in [5.74, 6) is 1.01. The molecule has 0 spiro atoms. The minimum Gasteiger partial charge on any atom is -0.366 e. The van der Waals surface area contributed by atoms with Crippen molar-refractivity contribution in [3.63, 3.8) is 0 Å². The van der Waals surface area contributed by atoms with Crippen molar-refractivity contribution in [2.24, 2.45) is 5.92 Å². The van der Waals surface area contributed by atoms with Crippen molar-refractivity contribution in [2.75, 3.05) is 5.32 Å². The zero-order chi connectivity index (χ0) is 15.0. The van der Waals surface area contributed by atoms with Crippen LogP contribution in [0.25, 0.3) is 5.52 Å². The lowest BCUT2D eigenvalue weighted by atomic mass is 10.00. The van der Waals surface area contributed by atoms with Gasteiger partial charge in [-0.25, -0.2) is 9.50 Å². The number of nitrogens with zero attached hydrogens (tertiary/aromatic N) is 3. The van der Waals surface area contributed by atoms with Gasteiger partial charge in [0.25, 0.3) is 0 Å². The molecule has 7 heteroatoms. The Bertz CT molecular complexity index is 629. The van der Waals surface area contributed by atoms with Crippen molar-refractivity contribution in [3.05, 3.63) is 24.2 Å². The van der Waals surface area contributed by atoms with Crippen molar-refractivity contribution < 1.29 is 13.2 Å². The van der Waals surface area contributed by atoms with E-state index in [1.165, 1.54) is 29.8 Å². The van der Waals surface area contributed by atoms with Crippen LogP contribution in [-0.4, -0.2) is 20.6 Å². The predicted molar refractivity (Wildman–Crippen MR) is 73.0 cm³/mol. The Labute approximate surface area is 120 Å². The third kappa shape index (κ3) is 2.82. The first-order chi connectivity index (χ1) is 9.95. The Balaban J connectivity index is 1.89. The molecule has 1 saturated carbocycles. The standard InChI is InChI=1S/C14H17F3N4/c1-9(10-4-2-3-5-10)19-13-11-8-12(14(15,16)17)20-21(11)7-6-18-13/h6-10H,2-5H2,1H3,(H,18,19). The van der Waals surface area contributed by atoms with Crippen LogP contribution in [0.3, 0.4) is 0 Å². The molecule has 1 aliphatic carbocycles. The first-order valence-corrected chi connectivity index (χ1v) is 7.13. The van der Waals surface area contributed by atoms with Gasteiger partial charge in [-0.05, 0) is 25.7 Å². The number of anilines is 1. The molecule has 2 aromatic heterocycles. The summed E-state index contributed by atoms with van der Waals surface area (Å²) >= 11 is 0. The number of rotatable bonds is 3. The van der Waals surface area contributed by atoms with Crippen LogP contribution in [0.15, 0.2) is 18.5 Å². The first-order valence-electron chi connectivity index (χ1n) is 7.13. The molecule has 0 bridgehead atoms. The molecule has 2 aromatic rings. The van der Waals surface area contributed by atoms with Gasteiger partial charge in [-0.15, -0.1) is 0 Å². The van der Waals surface area contributed by atoms with E-state index in [2.05, 4.69) is 22.3 Å². The van der Waals surface area contributed by atoms with Gasteiger partial charge in [0.2, 0.25) is 0 Å². The molecule has 3 rings (SSSR count). The maximum atomic E-state index is 12.7. The maximum Gasteiger partial charge on any atom is 0.435 e. The molecule has 1 atom stereocenters. The van der Waals surface area contributed by atoms with Crippen molar-refractivity contribution >= 4 is 11.3 Å². The van der Waals surface area contributed by atoms with Crippen LogP contribution in [-0.2, 0) is 6.18 Å². The summed E-state index contributed by atoms with van der Waals surface area (Å²) in [5.41, 5.74) is -0.540. The number of fused-ring (bicyclic) bond motifs is 1. The van der Waals surface area contributed by atoms with E-state index in [4.69, 9.17) is 0 Å². The van der Waals surface area contributed by atoms with Gasteiger partial charge in [0.1, 0.15) is 5.52 Å². The quantitative estimate of drug-likeness (QED) is 0.938. The molecule has 0 radical (unpaired) electrons. The lowest BCUT2D eigenvalue weighted by Gasteiger charge is -2.21. The molecular formula is C14H17F3N4. The lowest BCUT2D eigenvalue weighted by molar-refractivity contribution is -0.141. The highest BCUT2D eigenvalue weighted by Crippen LogP contribution is 2.32. The first kappa shape index (κ1) is 14.2. The molecule has 21 heavy (non-hydrogen) atoms. The minimum absolute atomic E-state index is 0.190. The molecule has 0 amide bonds. The molecule has 0 saturated heterocycles. The third-order valence-corrected chi connectivity index (χ3v) is 4.15. The fraction of sp³-hybridized carbons (Fsp3) is 0.571. The zero-order valence-corrected chi connectivity index (χ0v) is 11.7. The van der Waals surface area contributed by atoms with Gasteiger partial charge >= 0.3 is 6.18 Å². The second kappa shape index (κ2) is 5.20. The molecule has 114 valence electrons. The second-order valence-electron chi connectivity index (χ2n) is 5.61. The Morgan fingerprint density at radius 3 is 2.71 bits per heavy atom. The Hall–Kier alpha value is -1.79. The predicted octanol–water partition coefficient (Wildman–Crippen LogP) is 3.74. The van der Waals surface area contributed by atoms with Crippen LogP contribution in [0, 0.1) is 5.92 Å². The van der Waals surface area contributed by atoms with Crippen LogP contribution in [0.1, 0.15) is 38.3 Å². The highest BCUT2D eigenvalue weighted by atomic mass is 19.4. The van der Waals surface area contributed by atoms with E-state index in [9.17, 15) is 13.2 Å². The zero-order valence-electron chi connectivity index (χ0n) is 11.7. The van der Waals surface area contributed by atoms with Gasteiger partial charge in [-0.3, -0.25) is 0 Å². The van der Waals surface area contributed by atoms with Crippen LogP contribution in [0.2, 0.25) is 0 Å². The van der Waals surface area contributed by atoms with E-state index < -0.39 is 11.9 Å². The molecule has 2 heterocycles. The maximum absolute atomic E-state index is 12.7. The van der Waals surface area contributed by atoms with E-state index in [1.807, 2.05) is 0 Å².